The molecule has 3 N–H and O–H groups in total. The van der Waals surface area contributed by atoms with Gasteiger partial charge in [-0.3, -0.25) is 23.9 Å². The molecule has 0 spiro atoms. The Morgan fingerprint density at radius 2 is 1.29 bits per heavy atom. The molecule has 17 heteroatoms. The van der Waals surface area contributed by atoms with Gasteiger partial charge in [-0.25, -0.2) is 13.2 Å². The molecule has 0 bridgehead atoms. The molecule has 5 rings (SSSR count). The molecule has 0 aliphatic rings. The summed E-state index contributed by atoms with van der Waals surface area (Å²) in [5.74, 6) is -3.91. The van der Waals surface area contributed by atoms with Gasteiger partial charge >= 0.3 is 5.97 Å². The Hall–Kier alpha value is -8.75. The number of hydrogen-bond acceptors (Lipinski definition) is 13. The van der Waals surface area contributed by atoms with Crippen LogP contribution in [0.4, 0.5) is 17.1 Å². The van der Waals surface area contributed by atoms with Gasteiger partial charge in [0.2, 0.25) is 5.91 Å². The number of allylic oxidation sites excluding steroid dienone is 1. The quantitative estimate of drug-likeness (QED) is 0.0203. The molecule has 0 saturated heterocycles. The van der Waals surface area contributed by atoms with E-state index in [-0.39, 0.29) is 107 Å². The highest BCUT2D eigenvalue weighted by Crippen LogP contribution is 2.42. The number of carbonyl (C=O) groups excluding carboxylic acids is 5. The number of amides is 2. The lowest BCUT2D eigenvalue weighted by Crippen LogP contribution is -2.25. The van der Waals surface area contributed by atoms with Crippen molar-refractivity contribution >= 4 is 62.5 Å². The van der Waals surface area contributed by atoms with Gasteiger partial charge in [-0.05, 0) is 85.2 Å². The molecule has 5 aromatic carbocycles. The molecule has 0 heterocycles. The third kappa shape index (κ3) is 14.2. The Labute approximate surface area is 418 Å². The lowest BCUT2D eigenvalue weighted by molar-refractivity contribution is -0.119. The van der Waals surface area contributed by atoms with Crippen LogP contribution in [0, 0.1) is 24.2 Å². The molecule has 0 unspecified atom stereocenters. The number of anilines is 3. The van der Waals surface area contributed by atoms with Crippen LogP contribution in [0.15, 0.2) is 145 Å². The molecular weight excluding hydrogens is 941 g/mol. The van der Waals surface area contributed by atoms with Crippen LogP contribution < -0.4 is 34.3 Å². The number of ether oxygens (including phenoxy) is 5. The summed E-state index contributed by atoms with van der Waals surface area (Å²) in [5.41, 5.74) is 3.76. The van der Waals surface area contributed by atoms with Crippen molar-refractivity contribution < 1.29 is 56.1 Å². The summed E-state index contributed by atoms with van der Waals surface area (Å²) < 4.78 is 58.0. The van der Waals surface area contributed by atoms with Crippen molar-refractivity contribution in [3.63, 3.8) is 0 Å². The lowest BCUT2D eigenvalue weighted by Gasteiger charge is -2.20. The smallest absolute Gasteiger partial charge is 0.342 e. The topological polar surface area (TPSA) is 226 Å². The van der Waals surface area contributed by atoms with Gasteiger partial charge in [0.25, 0.3) is 15.9 Å². The maximum atomic E-state index is 13.9. The molecule has 372 valence electrons. The second-order valence-electron chi connectivity index (χ2n) is 15.9. The molecule has 0 aliphatic heterocycles. The molecule has 72 heavy (non-hydrogen) atoms. The maximum Gasteiger partial charge on any atom is 0.342 e. The van der Waals surface area contributed by atoms with Crippen LogP contribution in [-0.2, 0) is 30.8 Å². The minimum Gasteiger partial charge on any atom is -0.491 e. The Bertz CT molecular complexity index is 3030. The second kappa shape index (κ2) is 25.7. The van der Waals surface area contributed by atoms with Gasteiger partial charge in [0, 0.05) is 30.5 Å². The predicted octanol–water partition coefficient (Wildman–Crippen LogP) is 9.49. The van der Waals surface area contributed by atoms with Crippen molar-refractivity contribution in [1.82, 2.24) is 0 Å². The third-order valence-corrected chi connectivity index (χ3v) is 12.1. The van der Waals surface area contributed by atoms with E-state index < -0.39 is 33.7 Å². The van der Waals surface area contributed by atoms with Crippen LogP contribution >= 0.6 is 0 Å². The second-order valence-corrected chi connectivity index (χ2v) is 17.6. The van der Waals surface area contributed by atoms with Crippen molar-refractivity contribution in [1.29, 1.82) is 5.26 Å². The van der Waals surface area contributed by atoms with Gasteiger partial charge in [-0.2, -0.15) is 5.26 Å². The summed E-state index contributed by atoms with van der Waals surface area (Å²) in [7, 11) is -1.79. The lowest BCUT2D eigenvalue weighted by atomic mass is 9.94. The van der Waals surface area contributed by atoms with Crippen LogP contribution in [0.5, 0.6) is 23.0 Å². The van der Waals surface area contributed by atoms with Gasteiger partial charge < -0.3 is 34.3 Å². The zero-order chi connectivity index (χ0) is 52.4. The Morgan fingerprint density at radius 1 is 0.708 bits per heavy atom. The molecule has 0 aliphatic carbocycles. The molecule has 0 radical (unpaired) electrons. The van der Waals surface area contributed by atoms with Gasteiger partial charge in [-0.1, -0.05) is 92.1 Å². The first kappa shape index (κ1) is 54.2. The van der Waals surface area contributed by atoms with Crippen molar-refractivity contribution in [3.05, 3.63) is 174 Å². The minimum atomic E-state index is -4.36. The SMILES string of the molecule is C=CCOC(=O)c1ccc(NC(=O)c2ccc(NS(=O)(=O)c3ccc(NC(=O)[C@H](CC#N)CC(=O)c4ccc(CC(=O)/C(C)=C/c5ccc(C)cc5)cc4)cc3)c(OC)c2OCC=C)c(OC)c1OCC=C. The largest absolute Gasteiger partial charge is 0.491 e. The highest BCUT2D eigenvalue weighted by Gasteiger charge is 2.28. The van der Waals surface area contributed by atoms with Gasteiger partial charge in [0.05, 0.1) is 48.0 Å². The van der Waals surface area contributed by atoms with E-state index in [1.165, 1.54) is 81.0 Å². The summed E-state index contributed by atoms with van der Waals surface area (Å²) in [5, 5.41) is 14.9. The van der Waals surface area contributed by atoms with Crippen molar-refractivity contribution in [2.75, 3.05) is 49.4 Å². The van der Waals surface area contributed by atoms with Crippen LogP contribution in [0.2, 0.25) is 0 Å². The number of nitriles is 1. The Kier molecular flexibility index (Phi) is 19.4. The number of esters is 1. The van der Waals surface area contributed by atoms with E-state index in [1.807, 2.05) is 43.3 Å². The molecule has 16 nitrogen and oxygen atoms in total. The highest BCUT2D eigenvalue weighted by atomic mass is 32.2. The van der Waals surface area contributed by atoms with E-state index >= 15 is 0 Å². The molecule has 0 saturated carbocycles. The van der Waals surface area contributed by atoms with E-state index in [0.29, 0.717) is 16.7 Å². The van der Waals surface area contributed by atoms with Crippen molar-refractivity contribution in [2.24, 2.45) is 5.92 Å². The number of Topliss-reactive ketones (excluding diaryl/α,β-unsaturated/α-hetero) is 2. The fourth-order valence-electron chi connectivity index (χ4n) is 7.02. The zero-order valence-corrected chi connectivity index (χ0v) is 41.1. The van der Waals surface area contributed by atoms with Crippen molar-refractivity contribution in [3.8, 4) is 29.1 Å². The number of ketones is 2. The van der Waals surface area contributed by atoms with Gasteiger partial charge in [0.15, 0.2) is 34.6 Å². The van der Waals surface area contributed by atoms with Gasteiger partial charge in [0.1, 0.15) is 25.4 Å². The number of nitrogens with one attached hydrogen (secondary N) is 3. The highest BCUT2D eigenvalue weighted by molar-refractivity contribution is 7.92. The molecule has 5 aromatic rings. The first-order valence-corrected chi connectivity index (χ1v) is 23.8. The number of carbonyl (C=O) groups is 5. The summed E-state index contributed by atoms with van der Waals surface area (Å²) in [6.07, 6.45) is 5.67. The minimum absolute atomic E-state index is 0.00614. The average Bonchev–Trinajstić information content (AvgIpc) is 3.37. The van der Waals surface area contributed by atoms with Crippen LogP contribution in [0.25, 0.3) is 6.08 Å². The molecule has 2 amide bonds. The number of hydrogen-bond donors (Lipinski definition) is 3. The Morgan fingerprint density at radius 3 is 1.89 bits per heavy atom. The molecule has 1 atom stereocenters. The molecule has 0 aromatic heterocycles. The third-order valence-electron chi connectivity index (χ3n) is 10.7. The summed E-state index contributed by atoms with van der Waals surface area (Å²) >= 11 is 0. The number of methoxy groups -OCH3 is 2. The first-order chi connectivity index (χ1) is 34.6. The fraction of sp³-hybridized carbons (Fsp3) is 0.200. The van der Waals surface area contributed by atoms with E-state index in [4.69, 9.17) is 23.7 Å². The van der Waals surface area contributed by atoms with Crippen LogP contribution in [0.1, 0.15) is 67.5 Å². The average molecular weight is 995 g/mol. The summed E-state index contributed by atoms with van der Waals surface area (Å²) in [6, 6.07) is 26.9. The van der Waals surface area contributed by atoms with Crippen molar-refractivity contribution in [2.45, 2.75) is 38.0 Å². The van der Waals surface area contributed by atoms with E-state index in [9.17, 15) is 37.7 Å². The van der Waals surface area contributed by atoms with Crippen LogP contribution in [0.3, 0.4) is 0 Å². The number of aryl methyl sites for hydroxylation is 1. The van der Waals surface area contributed by atoms with E-state index in [0.717, 1.165) is 11.1 Å². The molecule has 0 fully saturated rings. The number of rotatable bonds is 26. The Balaban J connectivity index is 1.28. The summed E-state index contributed by atoms with van der Waals surface area (Å²) in [4.78, 5) is 66.2. The maximum absolute atomic E-state index is 13.9. The first-order valence-electron chi connectivity index (χ1n) is 22.3. The zero-order valence-electron chi connectivity index (χ0n) is 40.2. The number of nitrogens with zero attached hydrogens (tertiary/aromatic N) is 1. The number of benzene rings is 5. The fourth-order valence-corrected chi connectivity index (χ4v) is 8.09. The van der Waals surface area contributed by atoms with Crippen LogP contribution in [-0.4, -0.2) is 71.8 Å². The molecular formula is C55H54N4O12S. The summed E-state index contributed by atoms with van der Waals surface area (Å²) in [6.45, 7) is 14.4. The standard InChI is InChI=1S/C55H54N4O12S/c1-8-29-69-49-43(54(63)58-45-25-24-44(55(64)71-31-10-3)50(51(45)67-6)70-30-9-2)23-26-46(52(49)68-7)59-72(65,66)42-21-19-41(20-22-42)57-53(62)40(27-28-56)34-48(61)39-17-15-38(16-18-39)33-47(60)36(5)32-37-13-11-35(4)12-14-37/h8-26,32,40,59H,1-3,27,29-31,33-34H2,4-7H3,(H,57,62)(H,58,63)/b36-32+/t40-/m1/s1. The number of sulfonamides is 1. The van der Waals surface area contributed by atoms with Gasteiger partial charge in [-0.15, -0.1) is 0 Å². The monoisotopic (exact) mass is 994 g/mol. The normalized spacial score (nSPS) is 11.4. The predicted molar refractivity (Wildman–Crippen MR) is 274 cm³/mol. The van der Waals surface area contributed by atoms with E-state index in [2.05, 4.69) is 35.1 Å². The van der Waals surface area contributed by atoms with E-state index in [1.54, 1.807) is 31.2 Å².